The topological polar surface area (TPSA) is 97.3 Å². The van der Waals surface area contributed by atoms with Crippen LogP contribution in [0.15, 0.2) is 60.1 Å². The number of rotatable bonds is 5. The first-order valence-corrected chi connectivity index (χ1v) is 13.7. The number of hydrogen-bond donors (Lipinski definition) is 1. The van der Waals surface area contributed by atoms with Gasteiger partial charge in [-0.15, -0.1) is 10.2 Å². The van der Waals surface area contributed by atoms with Gasteiger partial charge in [-0.2, -0.15) is 0 Å². The Kier molecular flexibility index (Phi) is 6.34. The number of carbonyl (C=O) groups excluding carboxylic acids is 2. The number of likely N-dealkylation sites (tertiary alicyclic amines) is 1. The minimum absolute atomic E-state index is 0.0621. The maximum Gasteiger partial charge on any atom is 0.256 e. The standard InChI is InChI=1S/C29H26FN5O3S/c1-29(2,27(37)33-28-34-31-16-39-28)24-19-7-3-4-8-23(19)38-25-20(24)11-12-22(32-25)17-9-10-18(21(30)15-17)26(36)35-13-5-6-14-35/h3-4,7-12,15-16,24H,5-6,13-14H2,1-2H3,(H,33,34,37)/t24-/m0/s1. The highest BCUT2D eigenvalue weighted by Crippen LogP contribution is 2.52. The molecule has 2 aliphatic heterocycles. The van der Waals surface area contributed by atoms with E-state index in [1.807, 2.05) is 44.2 Å². The van der Waals surface area contributed by atoms with Crippen molar-refractivity contribution in [3.63, 3.8) is 0 Å². The molecule has 0 spiro atoms. The van der Waals surface area contributed by atoms with Crippen LogP contribution in [0.2, 0.25) is 0 Å². The Morgan fingerprint density at radius 3 is 2.62 bits per heavy atom. The van der Waals surface area contributed by atoms with Gasteiger partial charge in [-0.3, -0.25) is 9.59 Å². The molecule has 2 aromatic carbocycles. The number of para-hydroxylation sites is 1. The molecule has 0 aliphatic carbocycles. The van der Waals surface area contributed by atoms with Gasteiger partial charge in [-0.25, -0.2) is 9.37 Å². The van der Waals surface area contributed by atoms with Crippen LogP contribution in [0.25, 0.3) is 11.3 Å². The van der Waals surface area contributed by atoms with E-state index in [0.29, 0.717) is 41.1 Å². The number of benzene rings is 2. The summed E-state index contributed by atoms with van der Waals surface area (Å²) in [5, 5.41) is 11.0. The van der Waals surface area contributed by atoms with E-state index in [9.17, 15) is 9.59 Å². The smallest absolute Gasteiger partial charge is 0.256 e. The Hall–Kier alpha value is -4.18. The van der Waals surface area contributed by atoms with Crippen molar-refractivity contribution >= 4 is 28.3 Å². The number of fused-ring (bicyclic) bond motifs is 2. The maximum absolute atomic E-state index is 15.1. The van der Waals surface area contributed by atoms with Gasteiger partial charge in [0.2, 0.25) is 16.9 Å². The molecule has 2 amide bonds. The lowest BCUT2D eigenvalue weighted by Crippen LogP contribution is -2.38. The monoisotopic (exact) mass is 543 g/mol. The molecule has 0 saturated carbocycles. The molecule has 2 aliphatic rings. The van der Waals surface area contributed by atoms with E-state index in [1.54, 1.807) is 22.5 Å². The van der Waals surface area contributed by atoms with Crippen molar-refractivity contribution in [2.45, 2.75) is 32.6 Å². The predicted octanol–water partition coefficient (Wildman–Crippen LogP) is 5.88. The van der Waals surface area contributed by atoms with Crippen LogP contribution in [0.1, 0.15) is 54.1 Å². The van der Waals surface area contributed by atoms with Crippen LogP contribution in [0.5, 0.6) is 11.6 Å². The minimum Gasteiger partial charge on any atom is -0.438 e. The summed E-state index contributed by atoms with van der Waals surface area (Å²) in [6.45, 7) is 5.06. The lowest BCUT2D eigenvalue weighted by molar-refractivity contribution is -0.124. The van der Waals surface area contributed by atoms with Crippen molar-refractivity contribution in [2.75, 3.05) is 18.4 Å². The van der Waals surface area contributed by atoms with Gasteiger partial charge in [0.25, 0.3) is 5.91 Å². The van der Waals surface area contributed by atoms with Crippen LogP contribution in [-0.4, -0.2) is 45.0 Å². The SMILES string of the molecule is CC(C)(C(=O)Nc1nncs1)[C@H]1c2ccccc2Oc2nc(-c3ccc(C(=O)N4CCCC4)c(F)c3)ccc21. The first-order chi connectivity index (χ1) is 18.8. The van der Waals surface area contributed by atoms with Crippen LogP contribution in [0, 0.1) is 11.2 Å². The van der Waals surface area contributed by atoms with Crippen molar-refractivity contribution in [2.24, 2.45) is 5.41 Å². The normalized spacial score (nSPS) is 16.3. The molecule has 4 heterocycles. The number of nitrogens with one attached hydrogen (secondary N) is 1. The number of aromatic nitrogens is 3. The zero-order valence-corrected chi connectivity index (χ0v) is 22.3. The third-order valence-corrected chi connectivity index (χ3v) is 8.02. The van der Waals surface area contributed by atoms with Gasteiger partial charge in [0.05, 0.1) is 16.7 Å². The van der Waals surface area contributed by atoms with E-state index >= 15 is 4.39 Å². The van der Waals surface area contributed by atoms with E-state index in [2.05, 4.69) is 15.5 Å². The average Bonchev–Trinajstić information content (AvgIpc) is 3.66. The Balaban J connectivity index is 1.35. The fraction of sp³-hybridized carbons (Fsp3) is 0.276. The van der Waals surface area contributed by atoms with Crippen molar-refractivity contribution in [3.05, 3.63) is 82.6 Å². The molecule has 0 unspecified atom stereocenters. The summed E-state index contributed by atoms with van der Waals surface area (Å²) in [7, 11) is 0. The molecule has 39 heavy (non-hydrogen) atoms. The molecule has 198 valence electrons. The van der Waals surface area contributed by atoms with Crippen molar-refractivity contribution < 1.29 is 18.7 Å². The zero-order valence-electron chi connectivity index (χ0n) is 21.5. The van der Waals surface area contributed by atoms with Gasteiger partial charge in [-0.05, 0) is 37.1 Å². The van der Waals surface area contributed by atoms with Crippen LogP contribution < -0.4 is 10.1 Å². The van der Waals surface area contributed by atoms with Crippen LogP contribution in [-0.2, 0) is 4.79 Å². The summed E-state index contributed by atoms with van der Waals surface area (Å²) in [5.74, 6) is -0.491. The molecule has 2 aromatic heterocycles. The average molecular weight is 544 g/mol. The summed E-state index contributed by atoms with van der Waals surface area (Å²) in [4.78, 5) is 32.6. The second-order valence-corrected chi connectivity index (χ2v) is 11.1. The number of ether oxygens (including phenoxy) is 1. The Labute approximate surface area is 228 Å². The van der Waals surface area contributed by atoms with Gasteiger partial charge in [0.15, 0.2) is 0 Å². The summed E-state index contributed by atoms with van der Waals surface area (Å²) >= 11 is 1.25. The molecule has 6 rings (SSSR count). The summed E-state index contributed by atoms with van der Waals surface area (Å²) in [6, 6.07) is 15.8. The number of amides is 2. The molecule has 10 heteroatoms. The number of carbonyl (C=O) groups is 2. The maximum atomic E-state index is 15.1. The molecule has 4 aromatic rings. The van der Waals surface area contributed by atoms with Crippen molar-refractivity contribution in [1.82, 2.24) is 20.1 Å². The quantitative estimate of drug-likeness (QED) is 0.338. The molecular formula is C29H26FN5O3S. The number of halogens is 1. The summed E-state index contributed by atoms with van der Waals surface area (Å²) < 4.78 is 21.3. The van der Waals surface area contributed by atoms with E-state index in [0.717, 1.165) is 24.0 Å². The minimum atomic E-state index is -0.910. The Morgan fingerprint density at radius 1 is 1.08 bits per heavy atom. The molecule has 8 nitrogen and oxygen atoms in total. The highest BCUT2D eigenvalue weighted by molar-refractivity contribution is 7.13. The summed E-state index contributed by atoms with van der Waals surface area (Å²) in [5.41, 5.74) is 3.36. The number of anilines is 1. The second kappa shape index (κ2) is 9.85. The summed E-state index contributed by atoms with van der Waals surface area (Å²) in [6.07, 6.45) is 1.88. The van der Waals surface area contributed by atoms with Gasteiger partial charge in [0.1, 0.15) is 17.1 Å². The molecule has 0 bridgehead atoms. The molecule has 1 atom stereocenters. The lowest BCUT2D eigenvalue weighted by atomic mass is 9.69. The number of nitrogens with zero attached hydrogens (tertiary/aromatic N) is 4. The van der Waals surface area contributed by atoms with Crippen molar-refractivity contribution in [1.29, 1.82) is 0 Å². The molecular weight excluding hydrogens is 517 g/mol. The van der Waals surface area contributed by atoms with E-state index in [1.165, 1.54) is 23.5 Å². The Morgan fingerprint density at radius 2 is 1.87 bits per heavy atom. The zero-order chi connectivity index (χ0) is 27.1. The second-order valence-electron chi connectivity index (χ2n) is 10.3. The third-order valence-electron chi connectivity index (χ3n) is 7.41. The molecule has 0 radical (unpaired) electrons. The Bertz CT molecular complexity index is 1570. The fourth-order valence-corrected chi connectivity index (χ4v) is 5.77. The van der Waals surface area contributed by atoms with Crippen LogP contribution in [0.4, 0.5) is 9.52 Å². The van der Waals surface area contributed by atoms with Crippen LogP contribution >= 0.6 is 11.3 Å². The third kappa shape index (κ3) is 4.54. The highest BCUT2D eigenvalue weighted by atomic mass is 32.1. The predicted molar refractivity (Wildman–Crippen MR) is 145 cm³/mol. The number of pyridine rings is 1. The number of hydrogen-bond acceptors (Lipinski definition) is 7. The molecule has 1 saturated heterocycles. The van der Waals surface area contributed by atoms with Gasteiger partial charge in [0, 0.05) is 35.7 Å². The fourth-order valence-electron chi connectivity index (χ4n) is 5.33. The molecule has 1 fully saturated rings. The van der Waals surface area contributed by atoms with Gasteiger partial charge >= 0.3 is 0 Å². The van der Waals surface area contributed by atoms with Gasteiger partial charge in [-0.1, -0.05) is 55.5 Å². The van der Waals surface area contributed by atoms with Gasteiger partial charge < -0.3 is 15.0 Å². The van der Waals surface area contributed by atoms with Crippen LogP contribution in [0.3, 0.4) is 0 Å². The highest BCUT2D eigenvalue weighted by Gasteiger charge is 2.44. The molecule has 1 N–H and O–H groups in total. The lowest BCUT2D eigenvalue weighted by Gasteiger charge is -2.37. The first-order valence-electron chi connectivity index (χ1n) is 12.8. The first kappa shape index (κ1) is 25.1. The largest absolute Gasteiger partial charge is 0.438 e. The van der Waals surface area contributed by atoms with E-state index in [4.69, 9.17) is 9.72 Å². The van der Waals surface area contributed by atoms with E-state index < -0.39 is 11.2 Å². The van der Waals surface area contributed by atoms with E-state index in [-0.39, 0.29) is 23.3 Å². The van der Waals surface area contributed by atoms with Crippen molar-refractivity contribution in [3.8, 4) is 22.9 Å².